The van der Waals surface area contributed by atoms with Crippen molar-refractivity contribution in [3.8, 4) is 0 Å². The van der Waals surface area contributed by atoms with Crippen molar-refractivity contribution >= 4 is 40.2 Å². The molecule has 5 heteroatoms. The maximum atomic E-state index is 6.05. The van der Waals surface area contributed by atoms with Crippen LogP contribution in [0.2, 0.25) is 10.0 Å². The molecule has 0 aliphatic carbocycles. The van der Waals surface area contributed by atoms with E-state index in [4.69, 9.17) is 28.9 Å². The van der Waals surface area contributed by atoms with E-state index in [-0.39, 0.29) is 0 Å². The van der Waals surface area contributed by atoms with Crippen molar-refractivity contribution < 1.29 is 0 Å². The standard InChI is InChI=1S/C13H17Cl2N3/c1-7(2)8(3)6-18-12-5-10(15)9(14)4-11(12)17-13(18)16/h4-5,7-8H,6H2,1-3H3,(H2,16,17). The van der Waals surface area contributed by atoms with Gasteiger partial charge in [-0.3, -0.25) is 0 Å². The van der Waals surface area contributed by atoms with E-state index in [1.807, 2.05) is 10.6 Å². The Morgan fingerprint density at radius 2 is 1.83 bits per heavy atom. The fourth-order valence-corrected chi connectivity index (χ4v) is 2.15. The average Bonchev–Trinajstić information content (AvgIpc) is 2.56. The molecule has 0 fully saturated rings. The smallest absolute Gasteiger partial charge is 0.201 e. The van der Waals surface area contributed by atoms with Crippen molar-refractivity contribution in [1.29, 1.82) is 0 Å². The first-order chi connectivity index (χ1) is 8.40. The van der Waals surface area contributed by atoms with Crippen LogP contribution in [0.5, 0.6) is 0 Å². The number of rotatable bonds is 3. The molecule has 1 aromatic carbocycles. The van der Waals surface area contributed by atoms with Gasteiger partial charge in [-0.2, -0.15) is 0 Å². The van der Waals surface area contributed by atoms with E-state index in [1.165, 1.54) is 0 Å². The van der Waals surface area contributed by atoms with Crippen LogP contribution in [0.3, 0.4) is 0 Å². The molecule has 98 valence electrons. The molecule has 2 rings (SSSR count). The molecular weight excluding hydrogens is 269 g/mol. The molecule has 0 saturated heterocycles. The number of nitrogens with zero attached hydrogens (tertiary/aromatic N) is 2. The van der Waals surface area contributed by atoms with Crippen LogP contribution in [0.1, 0.15) is 20.8 Å². The Morgan fingerprint density at radius 1 is 1.22 bits per heavy atom. The zero-order valence-electron chi connectivity index (χ0n) is 10.7. The van der Waals surface area contributed by atoms with Gasteiger partial charge in [-0.05, 0) is 24.0 Å². The second kappa shape index (κ2) is 4.98. The third kappa shape index (κ3) is 2.43. The lowest BCUT2D eigenvalue weighted by Gasteiger charge is -2.17. The van der Waals surface area contributed by atoms with E-state index < -0.39 is 0 Å². The molecule has 0 bridgehead atoms. The lowest BCUT2D eigenvalue weighted by Crippen LogP contribution is -2.14. The molecule has 1 heterocycles. The van der Waals surface area contributed by atoms with E-state index >= 15 is 0 Å². The van der Waals surface area contributed by atoms with Gasteiger partial charge in [-0.15, -0.1) is 0 Å². The van der Waals surface area contributed by atoms with Crippen LogP contribution in [0.4, 0.5) is 5.95 Å². The maximum Gasteiger partial charge on any atom is 0.201 e. The maximum absolute atomic E-state index is 6.05. The molecule has 0 radical (unpaired) electrons. The van der Waals surface area contributed by atoms with Crippen LogP contribution in [0.15, 0.2) is 12.1 Å². The van der Waals surface area contributed by atoms with Crippen LogP contribution in [-0.4, -0.2) is 9.55 Å². The van der Waals surface area contributed by atoms with Gasteiger partial charge in [0.2, 0.25) is 5.95 Å². The van der Waals surface area contributed by atoms with Gasteiger partial charge in [0, 0.05) is 6.54 Å². The Balaban J connectivity index is 2.50. The lowest BCUT2D eigenvalue weighted by atomic mass is 9.98. The van der Waals surface area contributed by atoms with Gasteiger partial charge in [0.1, 0.15) is 0 Å². The number of aromatic nitrogens is 2. The van der Waals surface area contributed by atoms with Crippen LogP contribution in [-0.2, 0) is 6.54 Å². The van der Waals surface area contributed by atoms with Crippen molar-refractivity contribution in [1.82, 2.24) is 9.55 Å². The summed E-state index contributed by atoms with van der Waals surface area (Å²) in [4.78, 5) is 4.33. The third-order valence-corrected chi connectivity index (χ3v) is 4.15. The highest BCUT2D eigenvalue weighted by atomic mass is 35.5. The number of benzene rings is 1. The molecular formula is C13H17Cl2N3. The zero-order chi connectivity index (χ0) is 13.4. The van der Waals surface area contributed by atoms with Gasteiger partial charge >= 0.3 is 0 Å². The summed E-state index contributed by atoms with van der Waals surface area (Å²) in [5.74, 6) is 1.61. The Hall–Kier alpha value is -0.930. The monoisotopic (exact) mass is 285 g/mol. The van der Waals surface area contributed by atoms with Gasteiger partial charge in [-0.25, -0.2) is 4.98 Å². The minimum absolute atomic E-state index is 0.505. The predicted molar refractivity (Wildman–Crippen MR) is 78.2 cm³/mol. The van der Waals surface area contributed by atoms with E-state index in [1.54, 1.807) is 6.07 Å². The topological polar surface area (TPSA) is 43.8 Å². The Morgan fingerprint density at radius 3 is 2.44 bits per heavy atom. The predicted octanol–water partition coefficient (Wildman–Crippen LogP) is 4.22. The number of hydrogen-bond acceptors (Lipinski definition) is 2. The summed E-state index contributed by atoms with van der Waals surface area (Å²) in [5, 5.41) is 1.04. The van der Waals surface area contributed by atoms with E-state index in [2.05, 4.69) is 25.8 Å². The highest BCUT2D eigenvalue weighted by Crippen LogP contribution is 2.30. The van der Waals surface area contributed by atoms with Crippen LogP contribution < -0.4 is 5.73 Å². The third-order valence-electron chi connectivity index (χ3n) is 3.43. The molecule has 0 saturated carbocycles. The summed E-state index contributed by atoms with van der Waals surface area (Å²) >= 11 is 12.0. The first kappa shape index (κ1) is 13.5. The highest BCUT2D eigenvalue weighted by Gasteiger charge is 2.15. The number of fused-ring (bicyclic) bond motifs is 1. The molecule has 0 aliphatic heterocycles. The number of nitrogen functional groups attached to an aromatic ring is 1. The largest absolute Gasteiger partial charge is 0.369 e. The summed E-state index contributed by atoms with van der Waals surface area (Å²) in [5.41, 5.74) is 7.70. The van der Waals surface area contributed by atoms with Crippen molar-refractivity contribution in [3.05, 3.63) is 22.2 Å². The molecule has 2 aromatic rings. The van der Waals surface area contributed by atoms with E-state index in [0.717, 1.165) is 17.6 Å². The molecule has 2 N–H and O–H groups in total. The SMILES string of the molecule is CC(C)C(C)Cn1c(N)nc2cc(Cl)c(Cl)cc21. The number of anilines is 1. The number of halogens is 2. The van der Waals surface area contributed by atoms with E-state index in [9.17, 15) is 0 Å². The molecule has 0 aliphatic rings. The van der Waals surface area contributed by atoms with Crippen molar-refractivity contribution in [2.75, 3.05) is 5.73 Å². The zero-order valence-corrected chi connectivity index (χ0v) is 12.3. The van der Waals surface area contributed by atoms with Gasteiger partial charge in [0.05, 0.1) is 21.1 Å². The Labute approximate surface area is 117 Å². The summed E-state index contributed by atoms with van der Waals surface area (Å²) < 4.78 is 2.00. The van der Waals surface area contributed by atoms with Crippen LogP contribution >= 0.6 is 23.2 Å². The second-order valence-electron chi connectivity index (χ2n) is 5.06. The summed E-state index contributed by atoms with van der Waals surface area (Å²) in [6, 6.07) is 3.59. The second-order valence-corrected chi connectivity index (χ2v) is 5.87. The summed E-state index contributed by atoms with van der Waals surface area (Å²) in [6.07, 6.45) is 0. The summed E-state index contributed by atoms with van der Waals surface area (Å²) in [7, 11) is 0. The fraction of sp³-hybridized carbons (Fsp3) is 0.462. The normalized spacial score (nSPS) is 13.4. The van der Waals surface area contributed by atoms with Gasteiger partial charge < -0.3 is 10.3 Å². The van der Waals surface area contributed by atoms with Crippen LogP contribution in [0.25, 0.3) is 11.0 Å². The molecule has 3 nitrogen and oxygen atoms in total. The van der Waals surface area contributed by atoms with Gasteiger partial charge in [0.15, 0.2) is 0 Å². The summed E-state index contributed by atoms with van der Waals surface area (Å²) in [6.45, 7) is 7.43. The Kier molecular flexibility index (Phi) is 3.74. The Bertz CT molecular complexity index is 575. The van der Waals surface area contributed by atoms with E-state index in [0.29, 0.717) is 27.8 Å². The van der Waals surface area contributed by atoms with Gasteiger partial charge in [-0.1, -0.05) is 44.0 Å². The lowest BCUT2D eigenvalue weighted by molar-refractivity contribution is 0.371. The molecule has 0 amide bonds. The van der Waals surface area contributed by atoms with Crippen molar-refractivity contribution in [3.63, 3.8) is 0 Å². The van der Waals surface area contributed by atoms with Crippen LogP contribution in [0, 0.1) is 11.8 Å². The molecule has 1 aromatic heterocycles. The minimum Gasteiger partial charge on any atom is -0.369 e. The van der Waals surface area contributed by atoms with Crippen molar-refractivity contribution in [2.45, 2.75) is 27.3 Å². The minimum atomic E-state index is 0.505. The number of hydrogen-bond donors (Lipinski definition) is 1. The first-order valence-corrected chi connectivity index (χ1v) is 6.76. The fourth-order valence-electron chi connectivity index (χ4n) is 1.83. The first-order valence-electron chi connectivity index (χ1n) is 6.01. The quantitative estimate of drug-likeness (QED) is 0.918. The average molecular weight is 286 g/mol. The van der Waals surface area contributed by atoms with Gasteiger partial charge in [0.25, 0.3) is 0 Å². The molecule has 1 unspecified atom stereocenters. The molecule has 1 atom stereocenters. The highest BCUT2D eigenvalue weighted by molar-refractivity contribution is 6.42. The molecule has 18 heavy (non-hydrogen) atoms. The number of nitrogens with two attached hydrogens (primary N) is 1. The van der Waals surface area contributed by atoms with Crippen molar-refractivity contribution in [2.24, 2.45) is 11.8 Å². The number of imidazole rings is 1. The molecule has 0 spiro atoms.